The minimum absolute atomic E-state index is 0.252. The number of amides is 2. The number of allylic oxidation sites excluding steroid dienone is 1. The highest BCUT2D eigenvalue weighted by Crippen LogP contribution is 2.25. The molecule has 1 aliphatic heterocycles. The standard InChI is InChI=1S/C15H17N7O2/c1-8-5-4-6-11(12(8)13(16)23)17-14(24)10-7-22-15(18-19-20-22)21(3)9(10)2/h4-6H,7H2,1-3H3,(H2,16,23)(H,17,24). The Kier molecular flexibility index (Phi) is 3.76. The first kappa shape index (κ1) is 15.7. The summed E-state index contributed by atoms with van der Waals surface area (Å²) in [4.78, 5) is 26.1. The maximum Gasteiger partial charge on any atom is 0.255 e. The van der Waals surface area contributed by atoms with Gasteiger partial charge in [0.15, 0.2) is 0 Å². The van der Waals surface area contributed by atoms with Crippen molar-refractivity contribution in [2.45, 2.75) is 20.4 Å². The highest BCUT2D eigenvalue weighted by molar-refractivity contribution is 6.09. The van der Waals surface area contributed by atoms with Gasteiger partial charge in [-0.25, -0.2) is 4.68 Å². The minimum atomic E-state index is -0.586. The second-order valence-electron chi connectivity index (χ2n) is 5.58. The second-order valence-corrected chi connectivity index (χ2v) is 5.58. The molecule has 0 spiro atoms. The Labute approximate surface area is 138 Å². The Balaban J connectivity index is 1.93. The number of primary amides is 1. The molecule has 0 bridgehead atoms. The summed E-state index contributed by atoms with van der Waals surface area (Å²) in [7, 11) is 1.78. The molecular formula is C15H17N7O2. The predicted molar refractivity (Wildman–Crippen MR) is 87.2 cm³/mol. The van der Waals surface area contributed by atoms with E-state index < -0.39 is 5.91 Å². The summed E-state index contributed by atoms with van der Waals surface area (Å²) in [6, 6.07) is 5.17. The normalized spacial score (nSPS) is 13.7. The number of aromatic nitrogens is 4. The summed E-state index contributed by atoms with van der Waals surface area (Å²) >= 11 is 0. The van der Waals surface area contributed by atoms with Gasteiger partial charge in [0, 0.05) is 12.7 Å². The highest BCUT2D eigenvalue weighted by Gasteiger charge is 2.27. The molecule has 24 heavy (non-hydrogen) atoms. The van der Waals surface area contributed by atoms with Gasteiger partial charge >= 0.3 is 0 Å². The van der Waals surface area contributed by atoms with Crippen molar-refractivity contribution < 1.29 is 9.59 Å². The van der Waals surface area contributed by atoms with Crippen molar-refractivity contribution in [2.24, 2.45) is 5.73 Å². The van der Waals surface area contributed by atoms with E-state index in [-0.39, 0.29) is 12.5 Å². The van der Waals surface area contributed by atoms with E-state index >= 15 is 0 Å². The van der Waals surface area contributed by atoms with Gasteiger partial charge < -0.3 is 16.0 Å². The van der Waals surface area contributed by atoms with E-state index in [4.69, 9.17) is 5.73 Å². The summed E-state index contributed by atoms with van der Waals surface area (Å²) < 4.78 is 1.53. The van der Waals surface area contributed by atoms with Crippen LogP contribution in [0.2, 0.25) is 0 Å². The lowest BCUT2D eigenvalue weighted by Crippen LogP contribution is -2.32. The van der Waals surface area contributed by atoms with Crippen LogP contribution in [0.5, 0.6) is 0 Å². The second kappa shape index (κ2) is 5.76. The molecule has 2 aromatic rings. The first-order valence-electron chi connectivity index (χ1n) is 7.30. The fourth-order valence-corrected chi connectivity index (χ4v) is 2.69. The Hall–Kier alpha value is -3.23. The van der Waals surface area contributed by atoms with E-state index in [2.05, 4.69) is 20.8 Å². The molecule has 3 N–H and O–H groups in total. The zero-order valence-electron chi connectivity index (χ0n) is 13.6. The molecule has 0 aliphatic carbocycles. The number of anilines is 2. The lowest BCUT2D eigenvalue weighted by Gasteiger charge is -2.26. The molecule has 1 aromatic heterocycles. The Morgan fingerprint density at radius 1 is 1.29 bits per heavy atom. The molecule has 0 fully saturated rings. The van der Waals surface area contributed by atoms with Gasteiger partial charge in [0.05, 0.1) is 23.4 Å². The van der Waals surface area contributed by atoms with Gasteiger partial charge in [-0.2, -0.15) is 0 Å². The maximum atomic E-state index is 12.7. The molecule has 0 atom stereocenters. The van der Waals surface area contributed by atoms with E-state index in [0.717, 1.165) is 5.70 Å². The number of hydrogen-bond donors (Lipinski definition) is 2. The van der Waals surface area contributed by atoms with E-state index in [1.165, 1.54) is 4.68 Å². The third-order valence-corrected chi connectivity index (χ3v) is 4.10. The molecule has 0 unspecified atom stereocenters. The number of benzene rings is 1. The Morgan fingerprint density at radius 2 is 2.04 bits per heavy atom. The summed E-state index contributed by atoms with van der Waals surface area (Å²) in [5.74, 6) is -0.344. The first-order chi connectivity index (χ1) is 11.4. The minimum Gasteiger partial charge on any atom is -0.366 e. The van der Waals surface area contributed by atoms with Gasteiger partial charge in [0.1, 0.15) is 0 Å². The number of nitrogens with zero attached hydrogens (tertiary/aromatic N) is 5. The van der Waals surface area contributed by atoms with Gasteiger partial charge in [-0.15, -0.1) is 0 Å². The number of tetrazole rings is 1. The smallest absolute Gasteiger partial charge is 0.255 e. The van der Waals surface area contributed by atoms with Gasteiger partial charge in [0.2, 0.25) is 5.95 Å². The lowest BCUT2D eigenvalue weighted by molar-refractivity contribution is -0.113. The van der Waals surface area contributed by atoms with Crippen molar-refractivity contribution >= 4 is 23.5 Å². The number of hydrogen-bond acceptors (Lipinski definition) is 6. The number of fused-ring (bicyclic) bond motifs is 1. The third-order valence-electron chi connectivity index (χ3n) is 4.10. The predicted octanol–water partition coefficient (Wildman–Crippen LogP) is 0.443. The van der Waals surface area contributed by atoms with Crippen LogP contribution in [0, 0.1) is 6.92 Å². The zero-order chi connectivity index (χ0) is 17.4. The zero-order valence-corrected chi connectivity index (χ0v) is 13.6. The monoisotopic (exact) mass is 327 g/mol. The van der Waals surface area contributed by atoms with Crippen molar-refractivity contribution in [1.29, 1.82) is 0 Å². The fourth-order valence-electron chi connectivity index (χ4n) is 2.69. The summed E-state index contributed by atoms with van der Waals surface area (Å²) in [5, 5.41) is 14.2. The number of nitrogens with two attached hydrogens (primary N) is 1. The third kappa shape index (κ3) is 2.49. The van der Waals surface area contributed by atoms with Crippen LogP contribution in [0.3, 0.4) is 0 Å². The Morgan fingerprint density at radius 3 is 2.75 bits per heavy atom. The van der Waals surface area contributed by atoms with Crippen molar-refractivity contribution in [3.8, 4) is 0 Å². The van der Waals surface area contributed by atoms with Crippen LogP contribution in [-0.4, -0.2) is 39.1 Å². The van der Waals surface area contributed by atoms with E-state index in [1.807, 2.05) is 6.92 Å². The SMILES string of the molecule is CC1=C(C(=O)Nc2cccc(C)c2C(N)=O)Cn2nnnc2N1C. The number of nitrogens with one attached hydrogen (secondary N) is 1. The van der Waals surface area contributed by atoms with E-state index in [9.17, 15) is 9.59 Å². The molecule has 2 heterocycles. The maximum absolute atomic E-state index is 12.7. The van der Waals surface area contributed by atoms with Crippen LogP contribution in [0.4, 0.5) is 11.6 Å². The average Bonchev–Trinajstić information content (AvgIpc) is 2.99. The first-order valence-corrected chi connectivity index (χ1v) is 7.30. The largest absolute Gasteiger partial charge is 0.366 e. The lowest BCUT2D eigenvalue weighted by atomic mass is 10.1. The molecule has 0 saturated heterocycles. The summed E-state index contributed by atoms with van der Waals surface area (Å²) in [5.41, 5.74) is 8.07. The molecule has 3 rings (SSSR count). The number of rotatable bonds is 3. The molecule has 1 aromatic carbocycles. The van der Waals surface area contributed by atoms with Crippen molar-refractivity contribution in [2.75, 3.05) is 17.3 Å². The summed E-state index contributed by atoms with van der Waals surface area (Å²) in [6.45, 7) is 3.84. The molecule has 9 heteroatoms. The van der Waals surface area contributed by atoms with Gasteiger partial charge in [0.25, 0.3) is 11.8 Å². The fraction of sp³-hybridized carbons (Fsp3) is 0.267. The van der Waals surface area contributed by atoms with Crippen molar-refractivity contribution in [3.63, 3.8) is 0 Å². The summed E-state index contributed by atoms with van der Waals surface area (Å²) in [6.07, 6.45) is 0. The van der Waals surface area contributed by atoms with Crippen LogP contribution in [0.15, 0.2) is 29.5 Å². The van der Waals surface area contributed by atoms with Crippen molar-refractivity contribution in [1.82, 2.24) is 20.2 Å². The quantitative estimate of drug-likeness (QED) is 0.844. The van der Waals surface area contributed by atoms with Crippen LogP contribution in [0.25, 0.3) is 0 Å². The van der Waals surface area contributed by atoms with Gasteiger partial charge in [-0.3, -0.25) is 9.59 Å². The number of aryl methyl sites for hydroxylation is 1. The highest BCUT2D eigenvalue weighted by atomic mass is 16.2. The van der Waals surface area contributed by atoms with Crippen molar-refractivity contribution in [3.05, 3.63) is 40.6 Å². The topological polar surface area (TPSA) is 119 Å². The molecular weight excluding hydrogens is 310 g/mol. The van der Waals surface area contributed by atoms with Crippen LogP contribution in [0.1, 0.15) is 22.8 Å². The molecule has 0 radical (unpaired) electrons. The van der Waals surface area contributed by atoms with E-state index in [0.29, 0.717) is 28.3 Å². The number of carbonyl (C=O) groups is 2. The molecule has 1 aliphatic rings. The number of carbonyl (C=O) groups excluding carboxylic acids is 2. The Bertz CT molecular complexity index is 868. The van der Waals surface area contributed by atoms with Crippen LogP contribution < -0.4 is 16.0 Å². The molecule has 9 nitrogen and oxygen atoms in total. The van der Waals surface area contributed by atoms with Gasteiger partial charge in [-0.05, 0) is 35.9 Å². The molecule has 124 valence electrons. The van der Waals surface area contributed by atoms with Crippen LogP contribution >= 0.6 is 0 Å². The average molecular weight is 327 g/mol. The van der Waals surface area contributed by atoms with Gasteiger partial charge in [-0.1, -0.05) is 17.2 Å². The van der Waals surface area contributed by atoms with E-state index in [1.54, 1.807) is 37.1 Å². The van der Waals surface area contributed by atoms with Crippen LogP contribution in [-0.2, 0) is 11.3 Å². The molecule has 0 saturated carbocycles. The molecule has 2 amide bonds.